The molecular formula is C16H22N4. The standard InChI is InChI=1S/C16H22N4/c1-5-15-13(9-12(4)19-20-15)16(18-6-2)14-10-17-8-7-11(14)3/h7-10,16,18H,5-6H2,1-4H3. The van der Waals surface area contributed by atoms with E-state index in [1.807, 2.05) is 25.4 Å². The number of pyridine rings is 1. The second-order valence-corrected chi connectivity index (χ2v) is 4.96. The van der Waals surface area contributed by atoms with Gasteiger partial charge in [0.15, 0.2) is 0 Å². The van der Waals surface area contributed by atoms with Crippen molar-refractivity contribution in [3.8, 4) is 0 Å². The molecule has 0 saturated heterocycles. The lowest BCUT2D eigenvalue weighted by atomic mass is 9.94. The molecule has 4 heteroatoms. The van der Waals surface area contributed by atoms with Crippen molar-refractivity contribution in [2.75, 3.05) is 6.54 Å². The highest BCUT2D eigenvalue weighted by Gasteiger charge is 2.19. The Hall–Kier alpha value is -1.81. The van der Waals surface area contributed by atoms with E-state index in [0.29, 0.717) is 0 Å². The fraction of sp³-hybridized carbons (Fsp3) is 0.438. The first kappa shape index (κ1) is 14.6. The molecule has 20 heavy (non-hydrogen) atoms. The molecule has 0 radical (unpaired) electrons. The number of nitrogens with zero attached hydrogens (tertiary/aromatic N) is 3. The van der Waals surface area contributed by atoms with Gasteiger partial charge in [-0.2, -0.15) is 10.2 Å². The highest BCUT2D eigenvalue weighted by Crippen LogP contribution is 2.26. The molecule has 0 spiro atoms. The molecule has 1 unspecified atom stereocenters. The van der Waals surface area contributed by atoms with Gasteiger partial charge < -0.3 is 5.32 Å². The molecule has 0 aliphatic rings. The highest BCUT2D eigenvalue weighted by atomic mass is 15.1. The van der Waals surface area contributed by atoms with Gasteiger partial charge in [0.05, 0.1) is 17.4 Å². The summed E-state index contributed by atoms with van der Waals surface area (Å²) in [6.07, 6.45) is 4.65. The van der Waals surface area contributed by atoms with Gasteiger partial charge in [-0.05, 0) is 55.6 Å². The Morgan fingerprint density at radius 1 is 1.15 bits per heavy atom. The van der Waals surface area contributed by atoms with Crippen molar-refractivity contribution in [1.29, 1.82) is 0 Å². The van der Waals surface area contributed by atoms with Gasteiger partial charge >= 0.3 is 0 Å². The minimum Gasteiger partial charge on any atom is -0.306 e. The third-order valence-electron chi connectivity index (χ3n) is 3.47. The van der Waals surface area contributed by atoms with Gasteiger partial charge in [-0.25, -0.2) is 0 Å². The summed E-state index contributed by atoms with van der Waals surface area (Å²) in [5, 5.41) is 12.1. The summed E-state index contributed by atoms with van der Waals surface area (Å²) in [7, 11) is 0. The Balaban J connectivity index is 2.54. The lowest BCUT2D eigenvalue weighted by Crippen LogP contribution is -2.25. The topological polar surface area (TPSA) is 50.7 Å². The van der Waals surface area contributed by atoms with Crippen LogP contribution in [-0.4, -0.2) is 21.7 Å². The smallest absolute Gasteiger partial charge is 0.0679 e. The van der Waals surface area contributed by atoms with E-state index in [9.17, 15) is 0 Å². The van der Waals surface area contributed by atoms with Crippen molar-refractivity contribution in [3.63, 3.8) is 0 Å². The molecule has 0 fully saturated rings. The number of aromatic nitrogens is 3. The minimum atomic E-state index is 0.123. The fourth-order valence-electron chi connectivity index (χ4n) is 2.43. The minimum absolute atomic E-state index is 0.123. The monoisotopic (exact) mass is 270 g/mol. The zero-order chi connectivity index (χ0) is 14.5. The largest absolute Gasteiger partial charge is 0.306 e. The Kier molecular flexibility index (Phi) is 4.79. The lowest BCUT2D eigenvalue weighted by Gasteiger charge is -2.22. The van der Waals surface area contributed by atoms with E-state index in [0.717, 1.165) is 24.4 Å². The Morgan fingerprint density at radius 2 is 1.95 bits per heavy atom. The maximum absolute atomic E-state index is 4.34. The first-order valence-corrected chi connectivity index (χ1v) is 7.14. The van der Waals surface area contributed by atoms with Crippen molar-refractivity contribution < 1.29 is 0 Å². The van der Waals surface area contributed by atoms with Crippen molar-refractivity contribution in [3.05, 3.63) is 52.6 Å². The molecule has 0 aliphatic carbocycles. The third kappa shape index (κ3) is 3.02. The summed E-state index contributed by atoms with van der Waals surface area (Å²) in [6, 6.07) is 4.30. The van der Waals surface area contributed by atoms with Crippen LogP contribution < -0.4 is 5.32 Å². The summed E-state index contributed by atoms with van der Waals surface area (Å²) in [5.74, 6) is 0. The van der Waals surface area contributed by atoms with E-state index < -0.39 is 0 Å². The first-order valence-electron chi connectivity index (χ1n) is 7.14. The van der Waals surface area contributed by atoms with Gasteiger partial charge in [-0.3, -0.25) is 4.98 Å². The quantitative estimate of drug-likeness (QED) is 0.907. The molecule has 2 aromatic rings. The van der Waals surface area contributed by atoms with Crippen LogP contribution in [0.2, 0.25) is 0 Å². The fourth-order valence-corrected chi connectivity index (χ4v) is 2.43. The molecular weight excluding hydrogens is 248 g/mol. The average molecular weight is 270 g/mol. The van der Waals surface area contributed by atoms with Crippen LogP contribution in [0.25, 0.3) is 0 Å². The lowest BCUT2D eigenvalue weighted by molar-refractivity contribution is 0.612. The summed E-state index contributed by atoms with van der Waals surface area (Å²) in [5.41, 5.74) is 5.64. The summed E-state index contributed by atoms with van der Waals surface area (Å²) < 4.78 is 0. The zero-order valence-electron chi connectivity index (χ0n) is 12.6. The molecule has 1 N–H and O–H groups in total. The van der Waals surface area contributed by atoms with E-state index in [4.69, 9.17) is 0 Å². The number of aryl methyl sites for hydroxylation is 3. The van der Waals surface area contributed by atoms with Crippen LogP contribution in [0.5, 0.6) is 0 Å². The average Bonchev–Trinajstić information content (AvgIpc) is 2.46. The van der Waals surface area contributed by atoms with E-state index >= 15 is 0 Å². The Labute approximate surface area is 120 Å². The first-order chi connectivity index (χ1) is 9.67. The van der Waals surface area contributed by atoms with Crippen molar-refractivity contribution in [2.45, 2.75) is 40.2 Å². The highest BCUT2D eigenvalue weighted by molar-refractivity contribution is 5.37. The Bertz CT molecular complexity index is 580. The Morgan fingerprint density at radius 3 is 2.60 bits per heavy atom. The molecule has 2 rings (SSSR count). The van der Waals surface area contributed by atoms with Gasteiger partial charge in [0, 0.05) is 12.4 Å². The molecule has 0 saturated carbocycles. The van der Waals surface area contributed by atoms with Crippen molar-refractivity contribution >= 4 is 0 Å². The molecule has 0 bridgehead atoms. The van der Waals surface area contributed by atoms with Gasteiger partial charge in [-0.1, -0.05) is 13.8 Å². The molecule has 2 heterocycles. The van der Waals surface area contributed by atoms with Crippen LogP contribution in [-0.2, 0) is 6.42 Å². The summed E-state index contributed by atoms with van der Waals surface area (Å²) in [6.45, 7) is 9.22. The van der Waals surface area contributed by atoms with E-state index in [-0.39, 0.29) is 6.04 Å². The van der Waals surface area contributed by atoms with Crippen LogP contribution in [0.15, 0.2) is 24.5 Å². The van der Waals surface area contributed by atoms with Gasteiger partial charge in [0.1, 0.15) is 0 Å². The maximum atomic E-state index is 4.34. The molecule has 0 aromatic carbocycles. The van der Waals surface area contributed by atoms with Crippen LogP contribution in [0.1, 0.15) is 48.0 Å². The third-order valence-corrected chi connectivity index (χ3v) is 3.47. The second-order valence-electron chi connectivity index (χ2n) is 4.96. The maximum Gasteiger partial charge on any atom is 0.0679 e. The van der Waals surface area contributed by atoms with E-state index in [2.05, 4.69) is 47.3 Å². The number of rotatable bonds is 5. The van der Waals surface area contributed by atoms with Gasteiger partial charge in [0.2, 0.25) is 0 Å². The molecule has 2 aromatic heterocycles. The predicted molar refractivity (Wildman–Crippen MR) is 80.6 cm³/mol. The normalized spacial score (nSPS) is 12.4. The number of hydrogen-bond acceptors (Lipinski definition) is 4. The van der Waals surface area contributed by atoms with Crippen molar-refractivity contribution in [1.82, 2.24) is 20.5 Å². The SMILES string of the molecule is CCNC(c1cnccc1C)c1cc(C)nnc1CC. The van der Waals surface area contributed by atoms with Crippen LogP contribution in [0.4, 0.5) is 0 Å². The molecule has 0 amide bonds. The summed E-state index contributed by atoms with van der Waals surface area (Å²) >= 11 is 0. The zero-order valence-corrected chi connectivity index (χ0v) is 12.6. The molecule has 4 nitrogen and oxygen atoms in total. The van der Waals surface area contributed by atoms with Gasteiger partial charge in [0.25, 0.3) is 0 Å². The van der Waals surface area contributed by atoms with Gasteiger partial charge in [-0.15, -0.1) is 0 Å². The molecule has 1 atom stereocenters. The van der Waals surface area contributed by atoms with Crippen LogP contribution in [0.3, 0.4) is 0 Å². The van der Waals surface area contributed by atoms with Crippen LogP contribution >= 0.6 is 0 Å². The summed E-state index contributed by atoms with van der Waals surface area (Å²) in [4.78, 5) is 4.28. The van der Waals surface area contributed by atoms with E-state index in [1.165, 1.54) is 16.7 Å². The predicted octanol–water partition coefficient (Wildman–Crippen LogP) is 2.75. The second kappa shape index (κ2) is 6.57. The number of nitrogens with one attached hydrogen (secondary N) is 1. The van der Waals surface area contributed by atoms with E-state index in [1.54, 1.807) is 0 Å². The number of hydrogen-bond donors (Lipinski definition) is 1. The molecule has 0 aliphatic heterocycles. The molecule has 106 valence electrons. The van der Waals surface area contributed by atoms with Crippen LogP contribution in [0, 0.1) is 13.8 Å². The van der Waals surface area contributed by atoms with Crippen molar-refractivity contribution in [2.24, 2.45) is 0 Å².